The molecular formula is C15H18N2O2. The Hall–Kier alpha value is -1.81. The third-order valence-corrected chi connectivity index (χ3v) is 3.86. The minimum Gasteiger partial charge on any atom is -0.391 e. The lowest BCUT2D eigenvalue weighted by Gasteiger charge is -2.27. The van der Waals surface area contributed by atoms with Gasteiger partial charge in [-0.05, 0) is 18.4 Å². The maximum atomic E-state index is 12.1. The summed E-state index contributed by atoms with van der Waals surface area (Å²) in [5, 5.41) is 13.2. The first-order valence-electron chi connectivity index (χ1n) is 6.81. The van der Waals surface area contributed by atoms with E-state index in [9.17, 15) is 9.90 Å². The zero-order chi connectivity index (χ0) is 13.2. The highest BCUT2D eigenvalue weighted by atomic mass is 16.3. The van der Waals surface area contributed by atoms with Crippen molar-refractivity contribution in [1.82, 2.24) is 9.78 Å². The van der Waals surface area contributed by atoms with Crippen molar-refractivity contribution in [2.45, 2.75) is 37.8 Å². The average molecular weight is 258 g/mol. The molecule has 0 bridgehead atoms. The second kappa shape index (κ2) is 5.05. The third-order valence-electron chi connectivity index (χ3n) is 3.86. The first-order valence-corrected chi connectivity index (χ1v) is 6.81. The van der Waals surface area contributed by atoms with Crippen molar-refractivity contribution >= 4 is 0 Å². The molecule has 19 heavy (non-hydrogen) atoms. The van der Waals surface area contributed by atoms with Crippen molar-refractivity contribution in [3.8, 4) is 11.3 Å². The van der Waals surface area contributed by atoms with Gasteiger partial charge in [-0.1, -0.05) is 43.2 Å². The SMILES string of the molecule is O=c1cc(-c2ccccc2)[nH]n1C1CCCCC1O. The van der Waals surface area contributed by atoms with Crippen molar-refractivity contribution in [2.24, 2.45) is 0 Å². The lowest BCUT2D eigenvalue weighted by atomic mass is 9.93. The van der Waals surface area contributed by atoms with Crippen molar-refractivity contribution in [3.05, 3.63) is 46.8 Å². The molecule has 0 aliphatic heterocycles. The van der Waals surface area contributed by atoms with Gasteiger partial charge >= 0.3 is 0 Å². The van der Waals surface area contributed by atoms with Crippen molar-refractivity contribution in [1.29, 1.82) is 0 Å². The molecule has 0 saturated heterocycles. The summed E-state index contributed by atoms with van der Waals surface area (Å²) in [7, 11) is 0. The molecule has 1 aromatic carbocycles. The van der Waals surface area contributed by atoms with E-state index in [4.69, 9.17) is 0 Å². The highest BCUT2D eigenvalue weighted by Crippen LogP contribution is 2.27. The summed E-state index contributed by atoms with van der Waals surface area (Å²) >= 11 is 0. The summed E-state index contributed by atoms with van der Waals surface area (Å²) in [6.45, 7) is 0. The highest BCUT2D eigenvalue weighted by molar-refractivity contribution is 5.58. The Morgan fingerprint density at radius 3 is 2.63 bits per heavy atom. The Bertz CT molecular complexity index is 600. The van der Waals surface area contributed by atoms with E-state index >= 15 is 0 Å². The van der Waals surface area contributed by atoms with Crippen LogP contribution in [0.25, 0.3) is 11.3 Å². The number of aromatic nitrogens is 2. The van der Waals surface area contributed by atoms with E-state index in [-0.39, 0.29) is 11.6 Å². The number of H-pyrrole nitrogens is 1. The van der Waals surface area contributed by atoms with Crippen LogP contribution in [0.4, 0.5) is 0 Å². The molecule has 0 spiro atoms. The van der Waals surface area contributed by atoms with Gasteiger partial charge in [0, 0.05) is 6.07 Å². The fraction of sp³-hybridized carbons (Fsp3) is 0.400. The molecule has 1 heterocycles. The molecule has 1 fully saturated rings. The van der Waals surface area contributed by atoms with Gasteiger partial charge in [0.1, 0.15) is 0 Å². The molecule has 4 nitrogen and oxygen atoms in total. The Balaban J connectivity index is 1.96. The van der Waals surface area contributed by atoms with Crippen molar-refractivity contribution in [3.63, 3.8) is 0 Å². The van der Waals surface area contributed by atoms with E-state index in [1.807, 2.05) is 30.3 Å². The molecule has 1 saturated carbocycles. The number of nitrogens with one attached hydrogen (secondary N) is 1. The van der Waals surface area contributed by atoms with Gasteiger partial charge in [0.2, 0.25) is 0 Å². The topological polar surface area (TPSA) is 58.0 Å². The number of benzene rings is 1. The second-order valence-electron chi connectivity index (χ2n) is 5.16. The van der Waals surface area contributed by atoms with Crippen LogP contribution in [0.1, 0.15) is 31.7 Å². The molecule has 0 amide bonds. The van der Waals surface area contributed by atoms with Crippen LogP contribution >= 0.6 is 0 Å². The van der Waals surface area contributed by atoms with Crippen LogP contribution in [0, 0.1) is 0 Å². The van der Waals surface area contributed by atoms with E-state index < -0.39 is 6.10 Å². The molecule has 3 rings (SSSR count). The van der Waals surface area contributed by atoms with Crippen LogP contribution in [0.15, 0.2) is 41.2 Å². The standard InChI is InChI=1S/C15H18N2O2/c18-14-9-5-4-8-13(14)17-15(19)10-12(16-17)11-6-2-1-3-7-11/h1-3,6-7,10,13-14,16,18H,4-5,8-9H2. The lowest BCUT2D eigenvalue weighted by Crippen LogP contribution is -2.33. The van der Waals surface area contributed by atoms with Gasteiger partial charge in [-0.3, -0.25) is 9.89 Å². The van der Waals surface area contributed by atoms with Crippen LogP contribution in [0.3, 0.4) is 0 Å². The number of hydrogen-bond donors (Lipinski definition) is 2. The lowest BCUT2D eigenvalue weighted by molar-refractivity contribution is 0.0679. The van der Waals surface area contributed by atoms with Crippen LogP contribution in [-0.2, 0) is 0 Å². The Labute approximate surface area is 111 Å². The Morgan fingerprint density at radius 2 is 1.89 bits per heavy atom. The Kier molecular flexibility index (Phi) is 3.25. The summed E-state index contributed by atoms with van der Waals surface area (Å²) in [5.41, 5.74) is 1.73. The first kappa shape index (κ1) is 12.2. The quantitative estimate of drug-likeness (QED) is 0.868. The number of nitrogens with zero attached hydrogens (tertiary/aromatic N) is 1. The minimum atomic E-state index is -0.422. The summed E-state index contributed by atoms with van der Waals surface area (Å²) in [6.07, 6.45) is 3.31. The maximum Gasteiger partial charge on any atom is 0.267 e. The van der Waals surface area contributed by atoms with Crippen LogP contribution in [-0.4, -0.2) is 21.0 Å². The fourth-order valence-electron chi connectivity index (χ4n) is 2.81. The van der Waals surface area contributed by atoms with E-state index in [0.29, 0.717) is 0 Å². The molecule has 2 atom stereocenters. The van der Waals surface area contributed by atoms with Gasteiger partial charge in [0.25, 0.3) is 5.56 Å². The second-order valence-corrected chi connectivity index (χ2v) is 5.16. The van der Waals surface area contributed by atoms with E-state index in [2.05, 4.69) is 5.10 Å². The first-order chi connectivity index (χ1) is 9.25. The van der Waals surface area contributed by atoms with Gasteiger partial charge < -0.3 is 5.11 Å². The van der Waals surface area contributed by atoms with Gasteiger partial charge in [-0.15, -0.1) is 0 Å². The highest BCUT2D eigenvalue weighted by Gasteiger charge is 2.26. The zero-order valence-corrected chi connectivity index (χ0v) is 10.7. The number of aromatic amines is 1. The molecule has 1 aliphatic carbocycles. The van der Waals surface area contributed by atoms with Gasteiger partial charge in [-0.2, -0.15) is 0 Å². The largest absolute Gasteiger partial charge is 0.391 e. The molecule has 4 heteroatoms. The Morgan fingerprint density at radius 1 is 1.16 bits per heavy atom. The molecule has 100 valence electrons. The predicted molar refractivity (Wildman–Crippen MR) is 74.0 cm³/mol. The van der Waals surface area contributed by atoms with E-state index in [1.54, 1.807) is 10.7 Å². The monoisotopic (exact) mass is 258 g/mol. The summed E-state index contributed by atoms with van der Waals surface area (Å²) in [6, 6.07) is 11.3. The maximum absolute atomic E-state index is 12.1. The molecule has 2 unspecified atom stereocenters. The average Bonchev–Trinajstić information content (AvgIpc) is 2.82. The van der Waals surface area contributed by atoms with E-state index in [0.717, 1.165) is 36.9 Å². The van der Waals surface area contributed by atoms with E-state index in [1.165, 1.54) is 0 Å². The van der Waals surface area contributed by atoms with Crippen LogP contribution in [0.5, 0.6) is 0 Å². The van der Waals surface area contributed by atoms with Crippen molar-refractivity contribution < 1.29 is 5.11 Å². The molecule has 1 aromatic heterocycles. The zero-order valence-electron chi connectivity index (χ0n) is 10.7. The molecule has 2 aromatic rings. The smallest absolute Gasteiger partial charge is 0.267 e. The van der Waals surface area contributed by atoms with Crippen molar-refractivity contribution in [2.75, 3.05) is 0 Å². The van der Waals surface area contributed by atoms with Gasteiger partial charge in [0.15, 0.2) is 0 Å². The van der Waals surface area contributed by atoms with Gasteiger partial charge in [0.05, 0.1) is 17.8 Å². The van der Waals surface area contributed by atoms with Gasteiger partial charge in [-0.25, -0.2) is 4.68 Å². The van der Waals surface area contributed by atoms with Crippen LogP contribution in [0.2, 0.25) is 0 Å². The summed E-state index contributed by atoms with van der Waals surface area (Å²) in [4.78, 5) is 12.1. The number of hydrogen-bond acceptors (Lipinski definition) is 2. The molecular weight excluding hydrogens is 240 g/mol. The third kappa shape index (κ3) is 2.36. The summed E-state index contributed by atoms with van der Waals surface area (Å²) < 4.78 is 1.59. The number of rotatable bonds is 2. The number of aliphatic hydroxyl groups excluding tert-OH is 1. The normalized spacial score (nSPS) is 23.4. The molecule has 2 N–H and O–H groups in total. The van der Waals surface area contributed by atoms with Crippen LogP contribution < -0.4 is 5.56 Å². The number of aliphatic hydroxyl groups is 1. The fourth-order valence-corrected chi connectivity index (χ4v) is 2.81. The predicted octanol–water partition coefficient (Wildman–Crippen LogP) is 2.32. The molecule has 0 radical (unpaired) electrons. The summed E-state index contributed by atoms with van der Waals surface area (Å²) in [5.74, 6) is 0. The molecule has 1 aliphatic rings. The minimum absolute atomic E-state index is 0.0650.